The van der Waals surface area contributed by atoms with E-state index in [2.05, 4.69) is 0 Å². The van der Waals surface area contributed by atoms with Crippen molar-refractivity contribution in [2.45, 2.75) is 6.54 Å². The van der Waals surface area contributed by atoms with Crippen LogP contribution in [-0.2, 0) is 6.54 Å². The summed E-state index contributed by atoms with van der Waals surface area (Å²) in [5.74, 6) is 0.503. The average Bonchev–Trinajstić information content (AvgIpc) is 2.41. The van der Waals surface area contributed by atoms with E-state index in [1.54, 1.807) is 30.3 Å². The monoisotopic (exact) mass is 278 g/mol. The van der Waals surface area contributed by atoms with Gasteiger partial charge in [-0.1, -0.05) is 29.8 Å². The summed E-state index contributed by atoms with van der Waals surface area (Å²) in [5.41, 5.74) is 6.25. The third-order valence-electron chi connectivity index (χ3n) is 2.51. The molecule has 0 aromatic heterocycles. The van der Waals surface area contributed by atoms with Crippen molar-refractivity contribution < 1.29 is 9.66 Å². The summed E-state index contributed by atoms with van der Waals surface area (Å²) in [5, 5.41) is 11.2. The maximum absolute atomic E-state index is 10.9. The molecule has 0 aliphatic heterocycles. The number of nitrogens with zero attached hydrogens (tertiary/aromatic N) is 1. The molecule has 0 amide bonds. The normalized spacial score (nSPS) is 10.2. The van der Waals surface area contributed by atoms with Crippen LogP contribution in [0.3, 0.4) is 0 Å². The predicted molar refractivity (Wildman–Crippen MR) is 72.5 cm³/mol. The van der Waals surface area contributed by atoms with Crippen molar-refractivity contribution in [2.24, 2.45) is 5.73 Å². The highest BCUT2D eigenvalue weighted by molar-refractivity contribution is 6.32. The minimum Gasteiger partial charge on any atom is -0.449 e. The third-order valence-corrected chi connectivity index (χ3v) is 2.81. The van der Waals surface area contributed by atoms with Gasteiger partial charge in [0.1, 0.15) is 5.75 Å². The number of ether oxygens (including phenoxy) is 1. The number of nitro benzene ring substituents is 1. The Morgan fingerprint density at radius 1 is 1.21 bits per heavy atom. The Hall–Kier alpha value is -2.11. The first-order valence-electron chi connectivity index (χ1n) is 5.51. The maximum atomic E-state index is 10.9. The van der Waals surface area contributed by atoms with Gasteiger partial charge in [0.25, 0.3) is 0 Å². The molecule has 0 spiro atoms. The molecule has 6 heteroatoms. The van der Waals surface area contributed by atoms with E-state index < -0.39 is 4.92 Å². The molecular weight excluding hydrogens is 268 g/mol. The number of hydrogen-bond donors (Lipinski definition) is 1. The lowest BCUT2D eigenvalue weighted by Crippen LogP contribution is -1.97. The first-order valence-corrected chi connectivity index (χ1v) is 5.89. The Bertz CT molecular complexity index is 617. The fourth-order valence-corrected chi connectivity index (χ4v) is 1.81. The second-order valence-electron chi connectivity index (χ2n) is 3.80. The highest BCUT2D eigenvalue weighted by Crippen LogP contribution is 2.34. The molecular formula is C13H11ClN2O3. The number of nitrogens with two attached hydrogens (primary N) is 1. The number of benzene rings is 2. The van der Waals surface area contributed by atoms with E-state index in [1.807, 2.05) is 0 Å². The second-order valence-corrected chi connectivity index (χ2v) is 4.20. The van der Waals surface area contributed by atoms with Crippen LogP contribution in [0, 0.1) is 10.1 Å². The van der Waals surface area contributed by atoms with Gasteiger partial charge in [-0.15, -0.1) is 0 Å². The van der Waals surface area contributed by atoms with E-state index in [0.29, 0.717) is 17.3 Å². The van der Waals surface area contributed by atoms with Crippen LogP contribution in [0.4, 0.5) is 5.69 Å². The van der Waals surface area contributed by atoms with Crippen molar-refractivity contribution in [1.29, 1.82) is 0 Å². The standard InChI is InChI=1S/C13H11ClN2O3/c14-10-7-9(8-15)5-6-12(10)19-13-4-2-1-3-11(13)16(17)18/h1-7H,8,15H2. The molecule has 0 saturated heterocycles. The van der Waals surface area contributed by atoms with Gasteiger partial charge in [-0.3, -0.25) is 10.1 Å². The van der Waals surface area contributed by atoms with Crippen molar-refractivity contribution in [3.63, 3.8) is 0 Å². The quantitative estimate of drug-likeness (QED) is 0.686. The summed E-state index contributed by atoms with van der Waals surface area (Å²) in [4.78, 5) is 10.4. The predicted octanol–water partition coefficient (Wildman–Crippen LogP) is 3.50. The summed E-state index contributed by atoms with van der Waals surface area (Å²) < 4.78 is 5.49. The smallest absolute Gasteiger partial charge is 0.311 e. The molecule has 0 fully saturated rings. The Labute approximate surface area is 114 Å². The molecule has 2 rings (SSSR count). The molecule has 98 valence electrons. The van der Waals surface area contributed by atoms with Gasteiger partial charge in [0.05, 0.1) is 9.95 Å². The molecule has 0 aliphatic rings. The number of nitro groups is 1. The van der Waals surface area contributed by atoms with E-state index in [-0.39, 0.29) is 11.4 Å². The SMILES string of the molecule is NCc1ccc(Oc2ccccc2[N+](=O)[O-])c(Cl)c1. The third kappa shape index (κ3) is 3.01. The van der Waals surface area contributed by atoms with Gasteiger partial charge in [0.2, 0.25) is 5.75 Å². The van der Waals surface area contributed by atoms with E-state index >= 15 is 0 Å². The first-order chi connectivity index (χ1) is 9.11. The van der Waals surface area contributed by atoms with Gasteiger partial charge in [0, 0.05) is 12.6 Å². The number of para-hydroxylation sites is 2. The summed E-state index contributed by atoms with van der Waals surface area (Å²) in [6.45, 7) is 0.367. The number of halogens is 1. The van der Waals surface area contributed by atoms with Crippen molar-refractivity contribution in [1.82, 2.24) is 0 Å². The lowest BCUT2D eigenvalue weighted by atomic mass is 10.2. The summed E-state index contributed by atoms with van der Waals surface area (Å²) in [6, 6.07) is 11.2. The van der Waals surface area contributed by atoms with Gasteiger partial charge in [-0.25, -0.2) is 0 Å². The average molecular weight is 279 g/mol. The first kappa shape index (κ1) is 13.3. The lowest BCUT2D eigenvalue weighted by Gasteiger charge is -2.08. The molecule has 0 radical (unpaired) electrons. The Kier molecular flexibility index (Phi) is 3.99. The topological polar surface area (TPSA) is 78.4 Å². The molecule has 0 saturated carbocycles. The molecule has 19 heavy (non-hydrogen) atoms. The van der Waals surface area contributed by atoms with Crippen LogP contribution in [0.2, 0.25) is 5.02 Å². The van der Waals surface area contributed by atoms with E-state index in [4.69, 9.17) is 22.1 Å². The van der Waals surface area contributed by atoms with Crippen LogP contribution in [0.5, 0.6) is 11.5 Å². The van der Waals surface area contributed by atoms with Crippen LogP contribution in [-0.4, -0.2) is 4.92 Å². The Morgan fingerprint density at radius 3 is 2.58 bits per heavy atom. The fraction of sp³-hybridized carbons (Fsp3) is 0.0769. The molecule has 5 nitrogen and oxygen atoms in total. The van der Waals surface area contributed by atoms with E-state index in [0.717, 1.165) is 5.56 Å². The van der Waals surface area contributed by atoms with Gasteiger partial charge in [0.15, 0.2) is 0 Å². The Morgan fingerprint density at radius 2 is 1.95 bits per heavy atom. The Balaban J connectivity index is 2.34. The van der Waals surface area contributed by atoms with Gasteiger partial charge >= 0.3 is 5.69 Å². The summed E-state index contributed by atoms with van der Waals surface area (Å²) >= 11 is 6.04. The summed E-state index contributed by atoms with van der Waals surface area (Å²) in [7, 11) is 0. The second kappa shape index (κ2) is 5.69. The van der Waals surface area contributed by atoms with Crippen molar-refractivity contribution in [3.05, 3.63) is 63.2 Å². The molecule has 0 aliphatic carbocycles. The van der Waals surface area contributed by atoms with Gasteiger partial charge in [-0.2, -0.15) is 0 Å². The number of rotatable bonds is 4. The molecule has 0 heterocycles. The fourth-order valence-electron chi connectivity index (χ4n) is 1.57. The van der Waals surface area contributed by atoms with Crippen LogP contribution in [0.15, 0.2) is 42.5 Å². The molecule has 2 aromatic rings. The molecule has 0 atom stereocenters. The highest BCUT2D eigenvalue weighted by atomic mass is 35.5. The zero-order chi connectivity index (χ0) is 13.8. The molecule has 0 bridgehead atoms. The van der Waals surface area contributed by atoms with Gasteiger partial charge < -0.3 is 10.5 Å². The largest absolute Gasteiger partial charge is 0.449 e. The molecule has 2 aromatic carbocycles. The minimum atomic E-state index is -0.502. The van der Waals surface area contributed by atoms with Crippen LogP contribution >= 0.6 is 11.6 Å². The van der Waals surface area contributed by atoms with Crippen LogP contribution in [0.1, 0.15) is 5.56 Å². The zero-order valence-electron chi connectivity index (χ0n) is 9.88. The number of hydrogen-bond acceptors (Lipinski definition) is 4. The zero-order valence-corrected chi connectivity index (χ0v) is 10.6. The van der Waals surface area contributed by atoms with Crippen LogP contribution < -0.4 is 10.5 Å². The minimum absolute atomic E-state index is 0.110. The van der Waals surface area contributed by atoms with Crippen molar-refractivity contribution in [2.75, 3.05) is 0 Å². The highest BCUT2D eigenvalue weighted by Gasteiger charge is 2.15. The van der Waals surface area contributed by atoms with E-state index in [9.17, 15) is 10.1 Å². The van der Waals surface area contributed by atoms with Crippen molar-refractivity contribution >= 4 is 17.3 Å². The van der Waals surface area contributed by atoms with Gasteiger partial charge in [-0.05, 0) is 23.8 Å². The van der Waals surface area contributed by atoms with E-state index in [1.165, 1.54) is 12.1 Å². The van der Waals surface area contributed by atoms with Crippen LogP contribution in [0.25, 0.3) is 0 Å². The molecule has 2 N–H and O–H groups in total. The summed E-state index contributed by atoms with van der Waals surface area (Å²) in [6.07, 6.45) is 0. The molecule has 0 unspecified atom stereocenters. The van der Waals surface area contributed by atoms with Crippen molar-refractivity contribution in [3.8, 4) is 11.5 Å². The maximum Gasteiger partial charge on any atom is 0.311 e. The lowest BCUT2D eigenvalue weighted by molar-refractivity contribution is -0.385.